The minimum Gasteiger partial charge on any atom is -0.491 e. The van der Waals surface area contributed by atoms with Crippen LogP contribution in [-0.2, 0) is 16.1 Å². The molecule has 2 atom stereocenters. The summed E-state index contributed by atoms with van der Waals surface area (Å²) in [7, 11) is 3.24. The molecule has 4 aromatic rings. The van der Waals surface area contributed by atoms with Crippen molar-refractivity contribution in [1.29, 1.82) is 0 Å². The number of hydrogen-bond donors (Lipinski definition) is 2. The minimum absolute atomic E-state index is 0.0854. The molecule has 3 saturated heterocycles. The molecule has 0 radical (unpaired) electrons. The van der Waals surface area contributed by atoms with Gasteiger partial charge in [0.15, 0.2) is 0 Å². The fraction of sp³-hybridized carbons (Fsp3) is 0.400. The van der Waals surface area contributed by atoms with Crippen molar-refractivity contribution in [2.45, 2.75) is 45.3 Å². The molecule has 0 aliphatic carbocycles. The number of benzene rings is 2. The highest BCUT2D eigenvalue weighted by molar-refractivity contribution is 6.39. The lowest BCUT2D eigenvalue weighted by atomic mass is 9.72. The number of hydrogen-bond acceptors (Lipinski definition) is 9. The Bertz CT molecular complexity index is 2110. The Kier molecular flexibility index (Phi) is 9.47. The Labute approximate surface area is 318 Å². The molecule has 0 bridgehead atoms. The second kappa shape index (κ2) is 14.1. The highest BCUT2D eigenvalue weighted by Gasteiger charge is 2.52. The van der Waals surface area contributed by atoms with Gasteiger partial charge in [0.2, 0.25) is 23.6 Å². The van der Waals surface area contributed by atoms with Gasteiger partial charge in [-0.05, 0) is 25.0 Å². The van der Waals surface area contributed by atoms with Crippen molar-refractivity contribution in [3.63, 3.8) is 0 Å². The second-order valence-electron chi connectivity index (χ2n) is 14.7. The fourth-order valence-corrected chi connectivity index (χ4v) is 8.89. The molecule has 2 aromatic heterocycles. The Balaban J connectivity index is 1.04. The maximum absolute atomic E-state index is 11.7. The summed E-state index contributed by atoms with van der Waals surface area (Å²) in [6.45, 7) is 9.07. The summed E-state index contributed by atoms with van der Waals surface area (Å²) in [5.41, 5.74) is 7.49. The number of methoxy groups -OCH3 is 2. The SMILES string of the molecule is COc1nc(-c2cccc(-c3cccc(-c4cc5c(c(OC)n4)C(NCC4CCC(=O)N4)CO5)c3Cl)c2Cl)cc(C)c1CN1CC2(C1)CN(C(C)=O)C2. The number of aryl methyl sites for hydroxylation is 1. The lowest BCUT2D eigenvalue weighted by Crippen LogP contribution is -2.72. The monoisotopic (exact) mass is 756 g/mol. The third-order valence-corrected chi connectivity index (χ3v) is 11.8. The van der Waals surface area contributed by atoms with Crippen LogP contribution in [0.5, 0.6) is 17.5 Å². The van der Waals surface area contributed by atoms with Crippen molar-refractivity contribution in [3.05, 3.63) is 75.3 Å². The first-order chi connectivity index (χ1) is 25.6. The number of carbonyl (C=O) groups excluding carboxylic acids is 2. The highest BCUT2D eigenvalue weighted by Crippen LogP contribution is 2.46. The summed E-state index contributed by atoms with van der Waals surface area (Å²) >= 11 is 14.4. The molecule has 0 saturated carbocycles. The number of nitrogens with one attached hydrogen (secondary N) is 2. The summed E-state index contributed by atoms with van der Waals surface area (Å²) in [5.74, 6) is 1.94. The van der Waals surface area contributed by atoms with Gasteiger partial charge in [-0.2, -0.15) is 0 Å². The number of fused-ring (bicyclic) bond motifs is 1. The molecule has 53 heavy (non-hydrogen) atoms. The molecule has 8 rings (SSSR count). The van der Waals surface area contributed by atoms with E-state index in [0.717, 1.165) is 72.5 Å². The van der Waals surface area contributed by atoms with Crippen molar-refractivity contribution < 1.29 is 23.8 Å². The number of amides is 2. The van der Waals surface area contributed by atoms with Crippen LogP contribution in [0.4, 0.5) is 0 Å². The van der Waals surface area contributed by atoms with E-state index in [1.54, 1.807) is 21.1 Å². The Hall–Kier alpha value is -4.42. The standard InChI is InChI=1S/C40H42Cl2N6O5/c1-22-13-30(45-38(51-3)29(22)16-47-18-40(19-47)20-48(21-40)23(2)49)27-9-5-7-25(36(27)41)26-8-6-10-28(37(26)42)31-14-33-35(39(46-31)52-4)32(17-53-33)43-15-24-11-12-34(50)44-24/h5-10,13-14,24,32,43H,11-12,15-21H2,1-4H3,(H,44,50). The van der Waals surface area contributed by atoms with Gasteiger partial charge in [-0.15, -0.1) is 0 Å². The Morgan fingerprint density at radius 3 is 2.19 bits per heavy atom. The van der Waals surface area contributed by atoms with Gasteiger partial charge in [0.05, 0.1) is 47.3 Å². The number of aromatic nitrogens is 2. The van der Waals surface area contributed by atoms with Gasteiger partial charge in [-0.3, -0.25) is 14.5 Å². The number of pyridine rings is 2. The highest BCUT2D eigenvalue weighted by atomic mass is 35.5. The first-order valence-electron chi connectivity index (χ1n) is 17.9. The van der Waals surface area contributed by atoms with Crippen LogP contribution in [0.2, 0.25) is 10.0 Å². The molecule has 4 aliphatic heterocycles. The van der Waals surface area contributed by atoms with Gasteiger partial charge < -0.3 is 29.7 Å². The molecule has 3 fully saturated rings. The van der Waals surface area contributed by atoms with Gasteiger partial charge >= 0.3 is 0 Å². The van der Waals surface area contributed by atoms with Gasteiger partial charge in [-0.25, -0.2) is 9.97 Å². The topological polar surface area (TPSA) is 118 Å². The van der Waals surface area contributed by atoms with E-state index in [4.69, 9.17) is 47.4 Å². The van der Waals surface area contributed by atoms with Gasteiger partial charge in [0.25, 0.3) is 0 Å². The molecular formula is C40H42Cl2N6O5. The lowest BCUT2D eigenvalue weighted by Gasteiger charge is -2.60. The first-order valence-corrected chi connectivity index (χ1v) is 18.7. The number of nitrogens with zero attached hydrogens (tertiary/aromatic N) is 4. The van der Waals surface area contributed by atoms with E-state index in [2.05, 4.69) is 28.5 Å². The van der Waals surface area contributed by atoms with Gasteiger partial charge in [0, 0.05) is 98.0 Å². The van der Waals surface area contributed by atoms with Gasteiger partial charge in [-0.1, -0.05) is 59.6 Å². The van der Waals surface area contributed by atoms with Crippen molar-refractivity contribution >= 4 is 35.0 Å². The predicted octanol–water partition coefficient (Wildman–Crippen LogP) is 6.08. The third-order valence-electron chi connectivity index (χ3n) is 11.0. The Morgan fingerprint density at radius 1 is 0.962 bits per heavy atom. The average Bonchev–Trinajstić information content (AvgIpc) is 3.73. The van der Waals surface area contributed by atoms with E-state index < -0.39 is 0 Å². The van der Waals surface area contributed by atoms with Crippen LogP contribution >= 0.6 is 23.2 Å². The zero-order valence-corrected chi connectivity index (χ0v) is 31.7. The fourth-order valence-electron chi connectivity index (χ4n) is 8.24. The number of ether oxygens (including phenoxy) is 3. The Morgan fingerprint density at radius 2 is 1.58 bits per heavy atom. The van der Waals surface area contributed by atoms with E-state index in [1.807, 2.05) is 47.4 Å². The van der Waals surface area contributed by atoms with E-state index in [-0.39, 0.29) is 29.3 Å². The molecule has 2 N–H and O–H groups in total. The summed E-state index contributed by atoms with van der Waals surface area (Å²) < 4.78 is 17.7. The van der Waals surface area contributed by atoms with Crippen LogP contribution < -0.4 is 24.8 Å². The van der Waals surface area contributed by atoms with Crippen LogP contribution in [0.1, 0.15) is 42.5 Å². The number of carbonyl (C=O) groups is 2. The zero-order valence-electron chi connectivity index (χ0n) is 30.2. The molecule has 6 heterocycles. The maximum atomic E-state index is 11.7. The second-order valence-corrected chi connectivity index (χ2v) is 15.4. The van der Waals surface area contributed by atoms with Crippen molar-refractivity contribution in [3.8, 4) is 51.2 Å². The molecule has 13 heteroatoms. The first kappa shape index (κ1) is 35.6. The van der Waals surface area contributed by atoms with Crippen LogP contribution in [-0.4, -0.2) is 91.2 Å². The predicted molar refractivity (Wildman–Crippen MR) is 204 cm³/mol. The van der Waals surface area contributed by atoms with Crippen LogP contribution in [0.3, 0.4) is 0 Å². The quantitative estimate of drug-likeness (QED) is 0.199. The van der Waals surface area contributed by atoms with Crippen LogP contribution in [0.15, 0.2) is 48.5 Å². The smallest absolute Gasteiger partial charge is 0.222 e. The van der Waals surface area contributed by atoms with E-state index >= 15 is 0 Å². The van der Waals surface area contributed by atoms with Gasteiger partial charge in [0.1, 0.15) is 12.4 Å². The van der Waals surface area contributed by atoms with Crippen molar-refractivity contribution in [1.82, 2.24) is 30.4 Å². The number of rotatable bonds is 10. The summed E-state index contributed by atoms with van der Waals surface area (Å²) in [6, 6.07) is 15.6. The van der Waals surface area contributed by atoms with Crippen molar-refractivity contribution in [2.24, 2.45) is 5.41 Å². The molecule has 2 amide bonds. The largest absolute Gasteiger partial charge is 0.491 e. The summed E-state index contributed by atoms with van der Waals surface area (Å²) in [5, 5.41) is 7.53. The van der Waals surface area contributed by atoms with Crippen molar-refractivity contribution in [2.75, 3.05) is 53.6 Å². The van der Waals surface area contributed by atoms with Crippen LogP contribution in [0.25, 0.3) is 33.6 Å². The number of halogens is 2. The third kappa shape index (κ3) is 6.58. The maximum Gasteiger partial charge on any atom is 0.222 e. The molecule has 2 unspecified atom stereocenters. The average molecular weight is 758 g/mol. The molecule has 1 spiro atoms. The van der Waals surface area contributed by atoms with Crippen LogP contribution in [0, 0.1) is 12.3 Å². The van der Waals surface area contributed by atoms with E-state index in [1.165, 1.54) is 0 Å². The lowest BCUT2D eigenvalue weighted by molar-refractivity contribution is -0.157. The normalized spacial score (nSPS) is 20.0. The molecule has 11 nitrogen and oxygen atoms in total. The molecule has 276 valence electrons. The van der Waals surface area contributed by atoms with E-state index in [0.29, 0.717) is 64.1 Å². The zero-order chi connectivity index (χ0) is 37.0. The summed E-state index contributed by atoms with van der Waals surface area (Å²) in [6.07, 6.45) is 1.36. The summed E-state index contributed by atoms with van der Waals surface area (Å²) in [4.78, 5) is 37.5. The van der Waals surface area contributed by atoms with E-state index in [9.17, 15) is 9.59 Å². The minimum atomic E-state index is -0.123. The molecule has 2 aromatic carbocycles. The number of likely N-dealkylation sites (tertiary alicyclic amines) is 2. The molecular weight excluding hydrogens is 715 g/mol. The molecule has 4 aliphatic rings.